The van der Waals surface area contributed by atoms with Crippen molar-refractivity contribution in [3.63, 3.8) is 0 Å². The lowest BCUT2D eigenvalue weighted by molar-refractivity contribution is 0.0601. The second kappa shape index (κ2) is 4.60. The van der Waals surface area contributed by atoms with Crippen molar-refractivity contribution in [2.24, 2.45) is 0 Å². The minimum atomic E-state index is -0.502. The first-order valence-corrected chi connectivity index (χ1v) is 5.44. The van der Waals surface area contributed by atoms with Crippen molar-refractivity contribution >= 4 is 22.6 Å². The van der Waals surface area contributed by atoms with E-state index in [2.05, 4.69) is 15.0 Å². The largest absolute Gasteiger partial charge is 0.465 e. The van der Waals surface area contributed by atoms with Gasteiger partial charge in [0.25, 0.3) is 0 Å². The summed E-state index contributed by atoms with van der Waals surface area (Å²) in [5.74, 6) is -0.916. The number of hydrogen-bond donors (Lipinski definition) is 1. The van der Waals surface area contributed by atoms with Gasteiger partial charge in [0.05, 0.1) is 12.8 Å². The zero-order valence-electron chi connectivity index (χ0n) is 10.4. The van der Waals surface area contributed by atoms with Crippen LogP contribution in [0.25, 0.3) is 10.9 Å². The number of hydrogen-bond acceptors (Lipinski definition) is 4. The van der Waals surface area contributed by atoms with E-state index in [4.69, 9.17) is 0 Å². The predicted octanol–water partition coefficient (Wildman–Crippen LogP) is 2.51. The van der Waals surface area contributed by atoms with Crippen molar-refractivity contribution in [3.8, 4) is 0 Å². The number of aromatic nitrogens is 1. The van der Waals surface area contributed by atoms with Gasteiger partial charge in [-0.25, -0.2) is 9.18 Å². The second-order valence-electron chi connectivity index (χ2n) is 3.88. The Bertz CT molecular complexity index is 626. The molecule has 1 aromatic carbocycles. The lowest BCUT2D eigenvalue weighted by Gasteiger charge is -2.12. The van der Waals surface area contributed by atoms with Crippen molar-refractivity contribution in [2.45, 2.75) is 6.92 Å². The van der Waals surface area contributed by atoms with Crippen LogP contribution in [0.5, 0.6) is 0 Å². The van der Waals surface area contributed by atoms with Gasteiger partial charge < -0.3 is 10.1 Å². The summed E-state index contributed by atoms with van der Waals surface area (Å²) in [6.45, 7) is 1.84. The summed E-state index contributed by atoms with van der Waals surface area (Å²) < 4.78 is 18.4. The molecule has 0 aliphatic carbocycles. The molecule has 5 heteroatoms. The van der Waals surface area contributed by atoms with Crippen LogP contribution < -0.4 is 5.32 Å². The molecule has 0 radical (unpaired) electrons. The highest BCUT2D eigenvalue weighted by Crippen LogP contribution is 2.30. The number of nitrogens with zero attached hydrogens (tertiary/aromatic N) is 1. The molecule has 0 saturated heterocycles. The number of anilines is 1. The van der Waals surface area contributed by atoms with Crippen LogP contribution in [-0.4, -0.2) is 25.1 Å². The SMILES string of the molecule is CNc1c(C(=O)OC)cnc2c(F)ccc(C)c12. The van der Waals surface area contributed by atoms with Gasteiger partial charge in [-0.2, -0.15) is 0 Å². The standard InChI is InChI=1S/C13H13FN2O2/c1-7-4-5-9(14)12-10(7)11(15-2)8(6-16-12)13(17)18-3/h4-6H,1-3H3,(H,15,16). The van der Waals surface area contributed by atoms with E-state index in [0.29, 0.717) is 16.6 Å². The van der Waals surface area contributed by atoms with Crippen LogP contribution in [0.1, 0.15) is 15.9 Å². The van der Waals surface area contributed by atoms with Crippen LogP contribution in [0.3, 0.4) is 0 Å². The fourth-order valence-electron chi connectivity index (χ4n) is 1.96. The third-order valence-corrected chi connectivity index (χ3v) is 2.83. The average molecular weight is 248 g/mol. The Kier molecular flexibility index (Phi) is 3.14. The first kappa shape index (κ1) is 12.3. The number of halogens is 1. The first-order valence-electron chi connectivity index (χ1n) is 5.44. The third kappa shape index (κ3) is 1.77. The molecule has 0 spiro atoms. The first-order chi connectivity index (χ1) is 8.60. The van der Waals surface area contributed by atoms with Crippen LogP contribution in [-0.2, 0) is 4.74 Å². The summed E-state index contributed by atoms with van der Waals surface area (Å²) in [5.41, 5.74) is 1.91. The highest BCUT2D eigenvalue weighted by Gasteiger charge is 2.17. The van der Waals surface area contributed by atoms with Gasteiger partial charge >= 0.3 is 5.97 Å². The molecule has 0 saturated carbocycles. The lowest BCUT2D eigenvalue weighted by Crippen LogP contribution is -2.08. The number of methoxy groups -OCH3 is 1. The number of pyridine rings is 1. The maximum atomic E-state index is 13.7. The molecule has 18 heavy (non-hydrogen) atoms. The molecule has 2 aromatic rings. The lowest BCUT2D eigenvalue weighted by atomic mass is 10.0. The Morgan fingerprint density at radius 1 is 1.44 bits per heavy atom. The number of rotatable bonds is 2. The maximum Gasteiger partial charge on any atom is 0.341 e. The van der Waals surface area contributed by atoms with Gasteiger partial charge in [-0.15, -0.1) is 0 Å². The quantitative estimate of drug-likeness (QED) is 0.830. The van der Waals surface area contributed by atoms with Crippen molar-refractivity contribution in [1.29, 1.82) is 0 Å². The summed E-state index contributed by atoms with van der Waals surface area (Å²) in [6, 6.07) is 3.02. The van der Waals surface area contributed by atoms with E-state index in [1.165, 1.54) is 19.4 Å². The predicted molar refractivity (Wildman–Crippen MR) is 67.3 cm³/mol. The van der Waals surface area contributed by atoms with Crippen LogP contribution >= 0.6 is 0 Å². The van der Waals surface area contributed by atoms with Gasteiger partial charge in [-0.05, 0) is 18.6 Å². The van der Waals surface area contributed by atoms with Crippen molar-refractivity contribution in [1.82, 2.24) is 4.98 Å². The normalized spacial score (nSPS) is 10.4. The highest BCUT2D eigenvalue weighted by atomic mass is 19.1. The monoisotopic (exact) mass is 248 g/mol. The third-order valence-electron chi connectivity index (χ3n) is 2.83. The van der Waals surface area contributed by atoms with Gasteiger partial charge in [-0.1, -0.05) is 6.07 Å². The van der Waals surface area contributed by atoms with Crippen molar-refractivity contribution in [3.05, 3.63) is 35.3 Å². The molecule has 1 aromatic heterocycles. The zero-order valence-corrected chi connectivity index (χ0v) is 10.4. The van der Waals surface area contributed by atoms with Crippen molar-refractivity contribution < 1.29 is 13.9 Å². The van der Waals surface area contributed by atoms with E-state index in [-0.39, 0.29) is 5.52 Å². The summed E-state index contributed by atoms with van der Waals surface area (Å²) in [4.78, 5) is 15.6. The Morgan fingerprint density at radius 2 is 2.17 bits per heavy atom. The Balaban J connectivity index is 2.87. The molecule has 0 unspecified atom stereocenters. The molecule has 1 N–H and O–H groups in total. The zero-order chi connectivity index (χ0) is 13.3. The summed E-state index contributed by atoms with van der Waals surface area (Å²) >= 11 is 0. The molecule has 0 aliphatic rings. The molecule has 2 rings (SSSR count). The molecule has 4 nitrogen and oxygen atoms in total. The molecular formula is C13H13FN2O2. The Hall–Kier alpha value is -2.17. The molecule has 0 amide bonds. The van der Waals surface area contributed by atoms with E-state index in [1.54, 1.807) is 13.1 Å². The van der Waals surface area contributed by atoms with Gasteiger partial charge in [0.15, 0.2) is 0 Å². The number of ether oxygens (including phenoxy) is 1. The summed E-state index contributed by atoms with van der Waals surface area (Å²) in [5, 5.41) is 3.51. The van der Waals surface area contributed by atoms with Crippen LogP contribution in [0, 0.1) is 12.7 Å². The summed E-state index contributed by atoms with van der Waals surface area (Å²) in [6.07, 6.45) is 1.32. The molecule has 0 aliphatic heterocycles. The van der Waals surface area contributed by atoms with Gasteiger partial charge in [0.1, 0.15) is 16.9 Å². The number of benzene rings is 1. The van der Waals surface area contributed by atoms with E-state index < -0.39 is 11.8 Å². The van der Waals surface area contributed by atoms with Gasteiger partial charge in [0, 0.05) is 18.6 Å². The highest BCUT2D eigenvalue weighted by molar-refractivity contribution is 6.06. The Labute approximate surface area is 104 Å². The number of esters is 1. The minimum Gasteiger partial charge on any atom is -0.465 e. The summed E-state index contributed by atoms with van der Waals surface area (Å²) in [7, 11) is 2.97. The van der Waals surface area contributed by atoms with E-state index >= 15 is 0 Å². The van der Waals surface area contributed by atoms with E-state index in [0.717, 1.165) is 5.56 Å². The fraction of sp³-hybridized carbons (Fsp3) is 0.231. The van der Waals surface area contributed by atoms with Gasteiger partial charge in [-0.3, -0.25) is 4.98 Å². The topological polar surface area (TPSA) is 51.2 Å². The van der Waals surface area contributed by atoms with E-state index in [1.807, 2.05) is 6.92 Å². The Morgan fingerprint density at radius 3 is 2.78 bits per heavy atom. The number of carbonyl (C=O) groups is 1. The smallest absolute Gasteiger partial charge is 0.341 e. The molecule has 0 atom stereocenters. The van der Waals surface area contributed by atoms with Crippen LogP contribution in [0.15, 0.2) is 18.3 Å². The number of carbonyl (C=O) groups excluding carboxylic acids is 1. The maximum absolute atomic E-state index is 13.7. The minimum absolute atomic E-state index is 0.243. The van der Waals surface area contributed by atoms with Crippen LogP contribution in [0.2, 0.25) is 0 Å². The van der Waals surface area contributed by atoms with E-state index in [9.17, 15) is 9.18 Å². The van der Waals surface area contributed by atoms with Crippen molar-refractivity contribution in [2.75, 3.05) is 19.5 Å². The number of nitrogens with one attached hydrogen (secondary N) is 1. The molecule has 94 valence electrons. The number of aryl methyl sites for hydroxylation is 1. The molecular weight excluding hydrogens is 235 g/mol. The molecule has 0 bridgehead atoms. The molecule has 1 heterocycles. The van der Waals surface area contributed by atoms with Crippen LogP contribution in [0.4, 0.5) is 10.1 Å². The molecule has 0 fully saturated rings. The van der Waals surface area contributed by atoms with Gasteiger partial charge in [0.2, 0.25) is 0 Å². The fourth-order valence-corrected chi connectivity index (χ4v) is 1.96. The second-order valence-corrected chi connectivity index (χ2v) is 3.88. The average Bonchev–Trinajstić information content (AvgIpc) is 2.40. The number of fused-ring (bicyclic) bond motifs is 1.